The standard InChI is InChI=1S/C15H21F3N2O/c1-8-4-3-5-12(9(8)2)20-13-7-14(21-15(17)18)10(16)6-11(13)19/h6-9,12,15,20H,3-5,19H2,1-2H3. The van der Waals surface area contributed by atoms with Crippen LogP contribution in [-0.2, 0) is 0 Å². The third kappa shape index (κ3) is 3.74. The van der Waals surface area contributed by atoms with E-state index in [1.54, 1.807) is 0 Å². The largest absolute Gasteiger partial charge is 0.432 e. The Kier molecular flexibility index (Phi) is 4.85. The number of alkyl halides is 2. The number of hydrogen-bond acceptors (Lipinski definition) is 3. The molecule has 0 saturated heterocycles. The first-order valence-electron chi connectivity index (χ1n) is 7.19. The Balaban J connectivity index is 2.19. The molecule has 0 heterocycles. The molecule has 3 atom stereocenters. The highest BCUT2D eigenvalue weighted by Gasteiger charge is 2.27. The van der Waals surface area contributed by atoms with E-state index in [9.17, 15) is 13.2 Å². The Morgan fingerprint density at radius 2 is 2.00 bits per heavy atom. The Morgan fingerprint density at radius 1 is 1.29 bits per heavy atom. The third-order valence-electron chi connectivity index (χ3n) is 4.37. The lowest BCUT2D eigenvalue weighted by atomic mass is 9.78. The van der Waals surface area contributed by atoms with Gasteiger partial charge in [-0.1, -0.05) is 26.7 Å². The average molecular weight is 302 g/mol. The maximum Gasteiger partial charge on any atom is 0.387 e. The van der Waals surface area contributed by atoms with E-state index in [-0.39, 0.29) is 11.7 Å². The molecule has 0 amide bonds. The van der Waals surface area contributed by atoms with Crippen LogP contribution in [0.15, 0.2) is 12.1 Å². The number of rotatable bonds is 4. The van der Waals surface area contributed by atoms with Crippen molar-refractivity contribution >= 4 is 11.4 Å². The zero-order chi connectivity index (χ0) is 15.6. The second-order valence-corrected chi connectivity index (χ2v) is 5.77. The van der Waals surface area contributed by atoms with Gasteiger partial charge in [0.15, 0.2) is 11.6 Å². The van der Waals surface area contributed by atoms with Gasteiger partial charge in [0.05, 0.1) is 11.4 Å². The number of benzene rings is 1. The maximum absolute atomic E-state index is 13.5. The van der Waals surface area contributed by atoms with E-state index in [1.165, 1.54) is 12.5 Å². The Hall–Kier alpha value is -1.59. The van der Waals surface area contributed by atoms with Gasteiger partial charge < -0.3 is 15.8 Å². The molecule has 3 unspecified atom stereocenters. The molecular weight excluding hydrogens is 281 g/mol. The van der Waals surface area contributed by atoms with Gasteiger partial charge in [0.2, 0.25) is 0 Å². The van der Waals surface area contributed by atoms with Crippen LogP contribution in [0.25, 0.3) is 0 Å². The summed E-state index contributed by atoms with van der Waals surface area (Å²) in [5, 5.41) is 3.25. The smallest absolute Gasteiger partial charge is 0.387 e. The van der Waals surface area contributed by atoms with Crippen molar-refractivity contribution in [2.24, 2.45) is 11.8 Å². The Morgan fingerprint density at radius 3 is 2.67 bits per heavy atom. The molecule has 0 radical (unpaired) electrons. The second-order valence-electron chi connectivity index (χ2n) is 5.77. The third-order valence-corrected chi connectivity index (χ3v) is 4.37. The predicted molar refractivity (Wildman–Crippen MR) is 77.0 cm³/mol. The summed E-state index contributed by atoms with van der Waals surface area (Å²) in [6.07, 6.45) is 3.26. The summed E-state index contributed by atoms with van der Waals surface area (Å²) in [6.45, 7) is 1.28. The summed E-state index contributed by atoms with van der Waals surface area (Å²) in [4.78, 5) is 0. The Labute approximate surface area is 122 Å². The van der Waals surface area contributed by atoms with Crippen molar-refractivity contribution in [3.05, 3.63) is 17.9 Å². The molecule has 1 aromatic rings. The Bertz CT molecular complexity index is 496. The van der Waals surface area contributed by atoms with Gasteiger partial charge >= 0.3 is 6.61 Å². The van der Waals surface area contributed by atoms with Crippen LogP contribution in [0.3, 0.4) is 0 Å². The first-order chi connectivity index (χ1) is 9.88. The predicted octanol–water partition coefficient (Wildman–Crippen LogP) is 4.25. The molecule has 118 valence electrons. The van der Waals surface area contributed by atoms with Gasteiger partial charge in [-0.15, -0.1) is 0 Å². The highest BCUT2D eigenvalue weighted by Crippen LogP contribution is 2.35. The summed E-state index contributed by atoms with van der Waals surface area (Å²) in [7, 11) is 0. The van der Waals surface area contributed by atoms with Crippen molar-refractivity contribution in [2.45, 2.75) is 45.8 Å². The lowest BCUT2D eigenvalue weighted by molar-refractivity contribution is -0.0521. The van der Waals surface area contributed by atoms with Gasteiger partial charge in [-0.25, -0.2) is 4.39 Å². The van der Waals surface area contributed by atoms with Crippen molar-refractivity contribution in [3.8, 4) is 5.75 Å². The maximum atomic E-state index is 13.5. The number of nitrogen functional groups attached to an aromatic ring is 1. The topological polar surface area (TPSA) is 47.3 Å². The lowest BCUT2D eigenvalue weighted by Crippen LogP contribution is -2.35. The van der Waals surface area contributed by atoms with E-state index in [1.807, 2.05) is 0 Å². The van der Waals surface area contributed by atoms with Crippen LogP contribution in [0.2, 0.25) is 0 Å². The van der Waals surface area contributed by atoms with Crippen LogP contribution >= 0.6 is 0 Å². The van der Waals surface area contributed by atoms with Gasteiger partial charge in [-0.05, 0) is 18.3 Å². The fraction of sp³-hybridized carbons (Fsp3) is 0.600. The molecule has 0 aliphatic heterocycles. The summed E-state index contributed by atoms with van der Waals surface area (Å²) in [5.41, 5.74) is 6.41. The second kappa shape index (κ2) is 6.45. The van der Waals surface area contributed by atoms with Gasteiger partial charge in [0, 0.05) is 18.2 Å². The van der Waals surface area contributed by atoms with E-state index >= 15 is 0 Å². The van der Waals surface area contributed by atoms with E-state index in [0.29, 0.717) is 17.5 Å². The van der Waals surface area contributed by atoms with Crippen molar-refractivity contribution in [2.75, 3.05) is 11.1 Å². The van der Waals surface area contributed by atoms with Crippen LogP contribution in [0.4, 0.5) is 24.5 Å². The van der Waals surface area contributed by atoms with Crippen LogP contribution in [0.1, 0.15) is 33.1 Å². The number of halogens is 3. The van der Waals surface area contributed by atoms with Gasteiger partial charge in [0.25, 0.3) is 0 Å². The molecule has 1 saturated carbocycles. The number of anilines is 2. The van der Waals surface area contributed by atoms with Crippen LogP contribution in [-0.4, -0.2) is 12.7 Å². The highest BCUT2D eigenvalue weighted by molar-refractivity contribution is 5.69. The average Bonchev–Trinajstić information content (AvgIpc) is 2.40. The zero-order valence-electron chi connectivity index (χ0n) is 12.2. The number of ether oxygens (including phenoxy) is 1. The molecule has 1 aliphatic rings. The monoisotopic (exact) mass is 302 g/mol. The fourth-order valence-corrected chi connectivity index (χ4v) is 2.87. The molecule has 6 heteroatoms. The van der Waals surface area contributed by atoms with Crippen molar-refractivity contribution in [1.29, 1.82) is 0 Å². The minimum atomic E-state index is -3.07. The molecule has 21 heavy (non-hydrogen) atoms. The molecule has 1 fully saturated rings. The van der Waals surface area contributed by atoms with E-state index in [4.69, 9.17) is 5.73 Å². The van der Waals surface area contributed by atoms with Gasteiger partial charge in [-0.3, -0.25) is 0 Å². The van der Waals surface area contributed by atoms with Gasteiger partial charge in [0.1, 0.15) is 0 Å². The molecule has 0 aromatic heterocycles. The SMILES string of the molecule is CC1CCCC(Nc2cc(OC(F)F)c(F)cc2N)C1C. The van der Waals surface area contributed by atoms with Crippen LogP contribution in [0.5, 0.6) is 5.75 Å². The summed E-state index contributed by atoms with van der Waals surface area (Å²) in [5.74, 6) is -0.362. The van der Waals surface area contributed by atoms with Gasteiger partial charge in [-0.2, -0.15) is 8.78 Å². The van der Waals surface area contributed by atoms with Crippen molar-refractivity contribution in [1.82, 2.24) is 0 Å². The fourth-order valence-electron chi connectivity index (χ4n) is 2.87. The minimum absolute atomic E-state index is 0.194. The van der Waals surface area contributed by atoms with Crippen molar-refractivity contribution < 1.29 is 17.9 Å². The van der Waals surface area contributed by atoms with Crippen LogP contribution in [0, 0.1) is 17.7 Å². The molecule has 1 aliphatic carbocycles. The molecule has 0 spiro atoms. The molecule has 2 rings (SSSR count). The molecule has 0 bridgehead atoms. The first kappa shape index (κ1) is 15.8. The quantitative estimate of drug-likeness (QED) is 0.818. The number of nitrogens with two attached hydrogens (primary N) is 1. The molecule has 3 nitrogen and oxygen atoms in total. The number of hydrogen-bond donors (Lipinski definition) is 2. The van der Waals surface area contributed by atoms with Crippen LogP contribution < -0.4 is 15.8 Å². The molecular formula is C15H21F3N2O. The van der Waals surface area contributed by atoms with E-state index in [0.717, 1.165) is 18.9 Å². The van der Waals surface area contributed by atoms with Crippen molar-refractivity contribution in [3.63, 3.8) is 0 Å². The first-order valence-corrected chi connectivity index (χ1v) is 7.19. The minimum Gasteiger partial charge on any atom is -0.432 e. The summed E-state index contributed by atoms with van der Waals surface area (Å²) >= 11 is 0. The van der Waals surface area contributed by atoms with E-state index < -0.39 is 18.2 Å². The highest BCUT2D eigenvalue weighted by atomic mass is 19.3. The van der Waals surface area contributed by atoms with E-state index in [2.05, 4.69) is 23.9 Å². The molecule has 3 N–H and O–H groups in total. The number of nitrogens with one attached hydrogen (secondary N) is 1. The summed E-state index contributed by atoms with van der Waals surface area (Å²) < 4.78 is 42.2. The zero-order valence-corrected chi connectivity index (χ0v) is 12.2. The normalized spacial score (nSPS) is 25.9. The summed E-state index contributed by atoms with van der Waals surface area (Å²) in [6, 6.07) is 2.42. The molecule has 1 aromatic carbocycles. The lowest BCUT2D eigenvalue weighted by Gasteiger charge is -2.35.